The van der Waals surface area contributed by atoms with Crippen LogP contribution in [0.4, 0.5) is 0 Å². The van der Waals surface area contributed by atoms with Gasteiger partial charge in [-0.3, -0.25) is 0 Å². The Hall–Kier alpha value is -1.09. The average molecular weight is 210 g/mol. The Labute approximate surface area is 88.9 Å². The molecule has 0 saturated carbocycles. The highest BCUT2D eigenvalue weighted by Gasteiger charge is 2.01. The molecular weight excluding hydrogens is 196 g/mol. The van der Waals surface area contributed by atoms with Crippen LogP contribution in [-0.2, 0) is 0 Å². The van der Waals surface area contributed by atoms with Crippen molar-refractivity contribution < 1.29 is 9.47 Å². The number of rotatable bonds is 5. The summed E-state index contributed by atoms with van der Waals surface area (Å²) in [5.41, 5.74) is 0. The van der Waals surface area contributed by atoms with E-state index in [0.717, 1.165) is 22.1 Å². The Balaban J connectivity index is 2.86. The lowest BCUT2D eigenvalue weighted by atomic mass is 10.3. The molecule has 1 rings (SSSR count). The third-order valence-corrected chi connectivity index (χ3v) is 2.66. The zero-order valence-electron chi connectivity index (χ0n) is 8.45. The predicted octanol–water partition coefficient (Wildman–Crippen LogP) is 2.98. The molecule has 1 aromatic carbocycles. The normalized spacial score (nSPS) is 9.57. The topological polar surface area (TPSA) is 18.5 Å². The second-order valence-corrected chi connectivity index (χ2v) is 3.74. The summed E-state index contributed by atoms with van der Waals surface area (Å²) in [7, 11) is 3.30. The fourth-order valence-electron chi connectivity index (χ4n) is 1.02. The Morgan fingerprint density at radius 1 is 1.21 bits per heavy atom. The van der Waals surface area contributed by atoms with Crippen LogP contribution in [0.5, 0.6) is 11.5 Å². The lowest BCUT2D eigenvalue weighted by Gasteiger charge is -2.06. The quantitative estimate of drug-likeness (QED) is 0.550. The van der Waals surface area contributed by atoms with E-state index >= 15 is 0 Å². The highest BCUT2D eigenvalue weighted by Crippen LogP contribution is 2.28. The van der Waals surface area contributed by atoms with Crippen molar-refractivity contribution >= 4 is 11.8 Å². The van der Waals surface area contributed by atoms with Crippen LogP contribution in [0.1, 0.15) is 0 Å². The molecule has 0 fully saturated rings. The SMILES string of the molecule is C=CCSc1cc(OC)cc(OC)c1. The number of hydrogen-bond donors (Lipinski definition) is 0. The molecule has 76 valence electrons. The summed E-state index contributed by atoms with van der Waals surface area (Å²) in [6.45, 7) is 3.68. The van der Waals surface area contributed by atoms with Crippen LogP contribution in [0, 0.1) is 0 Å². The van der Waals surface area contributed by atoms with Gasteiger partial charge < -0.3 is 9.47 Å². The molecule has 0 amide bonds. The van der Waals surface area contributed by atoms with Crippen molar-refractivity contribution in [3.63, 3.8) is 0 Å². The zero-order chi connectivity index (χ0) is 10.4. The fourth-order valence-corrected chi connectivity index (χ4v) is 1.73. The summed E-state index contributed by atoms with van der Waals surface area (Å²) < 4.78 is 10.3. The highest BCUT2D eigenvalue weighted by molar-refractivity contribution is 7.99. The van der Waals surface area contributed by atoms with Gasteiger partial charge in [0.25, 0.3) is 0 Å². The van der Waals surface area contributed by atoms with Crippen LogP contribution in [0.3, 0.4) is 0 Å². The Morgan fingerprint density at radius 3 is 2.21 bits per heavy atom. The Kier molecular flexibility index (Phi) is 4.40. The second kappa shape index (κ2) is 5.60. The monoisotopic (exact) mass is 210 g/mol. The first-order valence-electron chi connectivity index (χ1n) is 4.27. The van der Waals surface area contributed by atoms with Gasteiger partial charge in [-0.15, -0.1) is 18.3 Å². The third-order valence-electron chi connectivity index (χ3n) is 1.69. The van der Waals surface area contributed by atoms with Gasteiger partial charge in [-0.05, 0) is 12.1 Å². The van der Waals surface area contributed by atoms with Crippen LogP contribution < -0.4 is 9.47 Å². The van der Waals surface area contributed by atoms with E-state index in [-0.39, 0.29) is 0 Å². The molecule has 0 bridgehead atoms. The van der Waals surface area contributed by atoms with Crippen LogP contribution in [-0.4, -0.2) is 20.0 Å². The maximum Gasteiger partial charge on any atom is 0.123 e. The predicted molar refractivity (Wildman–Crippen MR) is 60.5 cm³/mol. The van der Waals surface area contributed by atoms with E-state index in [2.05, 4.69) is 6.58 Å². The largest absolute Gasteiger partial charge is 0.497 e. The number of benzene rings is 1. The molecule has 0 spiro atoms. The highest BCUT2D eigenvalue weighted by atomic mass is 32.2. The molecule has 1 aromatic rings. The van der Waals surface area contributed by atoms with Gasteiger partial charge in [-0.2, -0.15) is 0 Å². The summed E-state index contributed by atoms with van der Waals surface area (Å²) in [5, 5.41) is 0. The lowest BCUT2D eigenvalue weighted by Crippen LogP contribution is -1.87. The van der Waals surface area contributed by atoms with E-state index in [0.29, 0.717) is 0 Å². The Bertz CT molecular complexity index is 288. The van der Waals surface area contributed by atoms with Crippen molar-refractivity contribution in [2.75, 3.05) is 20.0 Å². The number of methoxy groups -OCH3 is 2. The van der Waals surface area contributed by atoms with Crippen molar-refractivity contribution in [3.8, 4) is 11.5 Å². The molecule has 2 nitrogen and oxygen atoms in total. The van der Waals surface area contributed by atoms with Crippen molar-refractivity contribution in [3.05, 3.63) is 30.9 Å². The van der Waals surface area contributed by atoms with E-state index in [1.165, 1.54) is 0 Å². The molecule has 0 atom stereocenters. The molecule has 0 heterocycles. The molecule has 0 aliphatic heterocycles. The van der Waals surface area contributed by atoms with E-state index in [9.17, 15) is 0 Å². The molecule has 0 unspecified atom stereocenters. The number of thioether (sulfide) groups is 1. The Morgan fingerprint density at radius 2 is 1.79 bits per heavy atom. The van der Waals surface area contributed by atoms with Crippen molar-refractivity contribution in [1.82, 2.24) is 0 Å². The standard InChI is InChI=1S/C11H14O2S/c1-4-5-14-11-7-9(12-2)6-10(8-11)13-3/h4,6-8H,1,5H2,2-3H3. The smallest absolute Gasteiger partial charge is 0.123 e. The molecule has 14 heavy (non-hydrogen) atoms. The van der Waals surface area contributed by atoms with Gasteiger partial charge in [0.15, 0.2) is 0 Å². The maximum atomic E-state index is 5.16. The van der Waals surface area contributed by atoms with Gasteiger partial charge in [0.1, 0.15) is 11.5 Å². The van der Waals surface area contributed by atoms with Crippen molar-refractivity contribution in [2.24, 2.45) is 0 Å². The molecule has 0 aliphatic rings. The van der Waals surface area contributed by atoms with E-state index < -0.39 is 0 Å². The van der Waals surface area contributed by atoms with E-state index in [1.807, 2.05) is 24.3 Å². The molecule has 0 radical (unpaired) electrons. The van der Waals surface area contributed by atoms with Gasteiger partial charge >= 0.3 is 0 Å². The average Bonchev–Trinajstić information content (AvgIpc) is 2.25. The zero-order valence-corrected chi connectivity index (χ0v) is 9.26. The lowest BCUT2D eigenvalue weighted by molar-refractivity contribution is 0.392. The summed E-state index contributed by atoms with van der Waals surface area (Å²) in [6.07, 6.45) is 1.87. The first-order valence-corrected chi connectivity index (χ1v) is 5.25. The summed E-state index contributed by atoms with van der Waals surface area (Å²) in [5.74, 6) is 2.52. The third kappa shape index (κ3) is 3.00. The van der Waals surface area contributed by atoms with Crippen LogP contribution in [0.25, 0.3) is 0 Å². The minimum atomic E-state index is 0.816. The van der Waals surface area contributed by atoms with E-state index in [1.54, 1.807) is 26.0 Å². The minimum absolute atomic E-state index is 0.816. The number of hydrogen-bond acceptors (Lipinski definition) is 3. The minimum Gasteiger partial charge on any atom is -0.497 e. The first kappa shape index (κ1) is 11.0. The summed E-state index contributed by atoms with van der Waals surface area (Å²) in [6, 6.07) is 5.82. The second-order valence-electron chi connectivity index (χ2n) is 2.65. The van der Waals surface area contributed by atoms with Gasteiger partial charge in [0.2, 0.25) is 0 Å². The van der Waals surface area contributed by atoms with Crippen LogP contribution >= 0.6 is 11.8 Å². The van der Waals surface area contributed by atoms with Crippen LogP contribution in [0.15, 0.2) is 35.7 Å². The van der Waals surface area contributed by atoms with Crippen molar-refractivity contribution in [2.45, 2.75) is 4.90 Å². The van der Waals surface area contributed by atoms with Gasteiger partial charge in [0.05, 0.1) is 14.2 Å². The maximum absolute atomic E-state index is 5.16. The first-order chi connectivity index (χ1) is 6.80. The summed E-state index contributed by atoms with van der Waals surface area (Å²) >= 11 is 1.70. The fraction of sp³-hybridized carbons (Fsp3) is 0.273. The molecule has 3 heteroatoms. The molecule has 0 aliphatic carbocycles. The summed E-state index contributed by atoms with van der Waals surface area (Å²) in [4.78, 5) is 1.13. The molecule has 0 N–H and O–H groups in total. The molecule has 0 saturated heterocycles. The van der Waals surface area contributed by atoms with Gasteiger partial charge in [-0.25, -0.2) is 0 Å². The van der Waals surface area contributed by atoms with Gasteiger partial charge in [0, 0.05) is 16.7 Å². The molecular formula is C11H14O2S. The molecule has 0 aromatic heterocycles. The van der Waals surface area contributed by atoms with Gasteiger partial charge in [-0.1, -0.05) is 6.08 Å². The van der Waals surface area contributed by atoms with Crippen molar-refractivity contribution in [1.29, 1.82) is 0 Å². The number of ether oxygens (including phenoxy) is 2. The van der Waals surface area contributed by atoms with E-state index in [4.69, 9.17) is 9.47 Å². The van der Waals surface area contributed by atoms with Crippen LogP contribution in [0.2, 0.25) is 0 Å².